The van der Waals surface area contributed by atoms with Gasteiger partial charge >= 0.3 is 0 Å². The van der Waals surface area contributed by atoms with Crippen LogP contribution in [0.4, 0.5) is 0 Å². The van der Waals surface area contributed by atoms with E-state index < -0.39 is 5.56 Å². The maximum atomic E-state index is 13.0. The van der Waals surface area contributed by atoms with Crippen LogP contribution in [-0.2, 0) is 11.8 Å². The van der Waals surface area contributed by atoms with E-state index in [2.05, 4.69) is 43.0 Å². The summed E-state index contributed by atoms with van der Waals surface area (Å²) in [5.74, 6) is 1.15. The van der Waals surface area contributed by atoms with Crippen molar-refractivity contribution >= 4 is 22.4 Å². The number of rotatable bonds is 5. The van der Waals surface area contributed by atoms with Crippen LogP contribution < -0.4 is 25.1 Å². The fraction of sp³-hybridized carbons (Fsp3) is 0.280. The highest BCUT2D eigenvalue weighted by Crippen LogP contribution is 2.28. The Morgan fingerprint density at radius 1 is 1.00 bits per heavy atom. The van der Waals surface area contributed by atoms with Gasteiger partial charge in [0.1, 0.15) is 5.69 Å². The van der Waals surface area contributed by atoms with Crippen LogP contribution in [0.1, 0.15) is 43.2 Å². The summed E-state index contributed by atoms with van der Waals surface area (Å²) in [4.78, 5) is 29.9. The predicted octanol–water partition coefficient (Wildman–Crippen LogP) is 2.96. The van der Waals surface area contributed by atoms with Gasteiger partial charge in [-0.1, -0.05) is 62.4 Å². The van der Waals surface area contributed by atoms with E-state index in [9.17, 15) is 9.59 Å². The van der Waals surface area contributed by atoms with Gasteiger partial charge in [0.25, 0.3) is 11.1 Å². The maximum Gasteiger partial charge on any atom is 0.296 e. The molecule has 2 aromatic carbocycles. The molecule has 0 bridgehead atoms. The minimum atomic E-state index is -0.452. The van der Waals surface area contributed by atoms with Crippen LogP contribution >= 0.6 is 11.3 Å². The quantitative estimate of drug-likeness (QED) is 0.453. The summed E-state index contributed by atoms with van der Waals surface area (Å²) in [7, 11) is 3.11. The Morgan fingerprint density at radius 2 is 1.70 bits per heavy atom. The van der Waals surface area contributed by atoms with Gasteiger partial charge in [-0.15, -0.1) is 0 Å². The lowest BCUT2D eigenvalue weighted by molar-refractivity contribution is 0.354. The number of methoxy groups -OCH3 is 2. The Bertz CT molecular complexity index is 1480. The second kappa shape index (κ2) is 8.78. The maximum absolute atomic E-state index is 13.0. The molecule has 0 fully saturated rings. The number of benzene rings is 2. The molecule has 0 spiro atoms. The third-order valence-corrected chi connectivity index (χ3v) is 6.30. The molecule has 0 N–H and O–H groups in total. The van der Waals surface area contributed by atoms with Gasteiger partial charge in [-0.3, -0.25) is 9.59 Å². The van der Waals surface area contributed by atoms with Crippen molar-refractivity contribution in [3.05, 3.63) is 90.1 Å². The van der Waals surface area contributed by atoms with Crippen molar-refractivity contribution in [2.45, 2.75) is 32.6 Å². The van der Waals surface area contributed by atoms with Crippen molar-refractivity contribution in [3.63, 3.8) is 0 Å². The molecule has 33 heavy (non-hydrogen) atoms. The average Bonchev–Trinajstić information content (AvgIpc) is 3.07. The molecule has 0 radical (unpaired) electrons. The van der Waals surface area contributed by atoms with Gasteiger partial charge in [0.05, 0.1) is 18.8 Å². The second-order valence-electron chi connectivity index (χ2n) is 8.71. The molecule has 0 saturated heterocycles. The zero-order valence-electron chi connectivity index (χ0n) is 19.2. The molecular formula is C25H25N3O4S. The molecule has 0 aliphatic carbocycles. The highest BCUT2D eigenvalue weighted by atomic mass is 32.1. The second-order valence-corrected chi connectivity index (χ2v) is 9.72. The highest BCUT2D eigenvalue weighted by Gasteiger charge is 2.14. The lowest BCUT2D eigenvalue weighted by Gasteiger charge is -2.18. The molecular weight excluding hydrogens is 438 g/mol. The van der Waals surface area contributed by atoms with Crippen molar-refractivity contribution in [2.24, 2.45) is 0 Å². The lowest BCUT2D eigenvalue weighted by Crippen LogP contribution is -2.28. The first kappa shape index (κ1) is 22.7. The van der Waals surface area contributed by atoms with E-state index >= 15 is 0 Å². The Kier molecular flexibility index (Phi) is 6.03. The third kappa shape index (κ3) is 4.66. The zero-order chi connectivity index (χ0) is 23.8. The van der Waals surface area contributed by atoms with Gasteiger partial charge < -0.3 is 9.47 Å². The zero-order valence-corrected chi connectivity index (χ0v) is 20.0. The number of hydrogen-bond donors (Lipinski definition) is 0. The van der Waals surface area contributed by atoms with E-state index in [1.165, 1.54) is 10.1 Å². The molecule has 2 aromatic heterocycles. The van der Waals surface area contributed by atoms with Crippen molar-refractivity contribution in [1.29, 1.82) is 0 Å². The van der Waals surface area contributed by atoms with Gasteiger partial charge in [-0.25, -0.2) is 0 Å². The largest absolute Gasteiger partial charge is 0.493 e. The number of fused-ring (bicyclic) bond motifs is 1. The summed E-state index contributed by atoms with van der Waals surface area (Å²) in [6, 6.07) is 13.5. The van der Waals surface area contributed by atoms with Crippen LogP contribution in [-0.4, -0.2) is 28.8 Å². The molecule has 0 amide bonds. The molecule has 2 heterocycles. The van der Waals surface area contributed by atoms with Crippen molar-refractivity contribution in [1.82, 2.24) is 14.6 Å². The number of ether oxygens (including phenoxy) is 2. The van der Waals surface area contributed by atoms with Crippen LogP contribution in [0.2, 0.25) is 0 Å². The topological polar surface area (TPSA) is 82.8 Å². The molecule has 0 aliphatic rings. The number of aromatic nitrogens is 3. The van der Waals surface area contributed by atoms with E-state index in [-0.39, 0.29) is 28.0 Å². The highest BCUT2D eigenvalue weighted by molar-refractivity contribution is 7.15. The standard InChI is InChI=1S/C25H25N3O4S/c1-25(2,3)17-9-6-15(7-10-17)14-21-23(30)28-24(33-21)26-22(29)18(27-28)12-16-8-11-19(31-4)20(13-16)32-5/h6-11,13-14H,12H2,1-5H3/b21-14-. The van der Waals surface area contributed by atoms with Gasteiger partial charge in [-0.05, 0) is 40.3 Å². The molecule has 0 unspecified atom stereocenters. The van der Waals surface area contributed by atoms with Crippen LogP contribution in [0.15, 0.2) is 52.1 Å². The molecule has 7 nitrogen and oxygen atoms in total. The Labute approximate surface area is 195 Å². The van der Waals surface area contributed by atoms with Crippen LogP contribution in [0.5, 0.6) is 11.5 Å². The van der Waals surface area contributed by atoms with E-state index in [0.29, 0.717) is 16.0 Å². The summed E-state index contributed by atoms with van der Waals surface area (Å²) in [5, 5.41) is 4.32. The number of hydrogen-bond acceptors (Lipinski definition) is 7. The summed E-state index contributed by atoms with van der Waals surface area (Å²) >= 11 is 1.15. The van der Waals surface area contributed by atoms with E-state index in [4.69, 9.17) is 9.47 Å². The average molecular weight is 464 g/mol. The van der Waals surface area contributed by atoms with Crippen LogP contribution in [0.25, 0.3) is 11.0 Å². The summed E-state index contributed by atoms with van der Waals surface area (Å²) in [6.45, 7) is 6.46. The van der Waals surface area contributed by atoms with E-state index in [0.717, 1.165) is 22.5 Å². The smallest absolute Gasteiger partial charge is 0.296 e. The third-order valence-electron chi connectivity index (χ3n) is 5.34. The minimum Gasteiger partial charge on any atom is -0.493 e. The van der Waals surface area contributed by atoms with Gasteiger partial charge in [0.2, 0.25) is 4.96 Å². The van der Waals surface area contributed by atoms with Crippen molar-refractivity contribution in [3.8, 4) is 11.5 Å². The van der Waals surface area contributed by atoms with E-state index in [1.807, 2.05) is 18.2 Å². The molecule has 0 atom stereocenters. The first-order chi connectivity index (χ1) is 15.7. The fourth-order valence-electron chi connectivity index (χ4n) is 3.47. The van der Waals surface area contributed by atoms with Crippen LogP contribution in [0, 0.1) is 0 Å². The number of nitrogens with zero attached hydrogens (tertiary/aromatic N) is 3. The normalized spacial score (nSPS) is 12.3. The molecule has 4 rings (SSSR count). The molecule has 170 valence electrons. The monoisotopic (exact) mass is 463 g/mol. The summed E-state index contributed by atoms with van der Waals surface area (Å²) in [6.07, 6.45) is 2.02. The minimum absolute atomic E-state index is 0.0539. The predicted molar refractivity (Wildman–Crippen MR) is 130 cm³/mol. The van der Waals surface area contributed by atoms with Gasteiger partial charge in [-0.2, -0.15) is 14.6 Å². The molecule has 4 aromatic rings. The first-order valence-corrected chi connectivity index (χ1v) is 11.3. The first-order valence-electron chi connectivity index (χ1n) is 10.5. The molecule has 0 saturated carbocycles. The van der Waals surface area contributed by atoms with Crippen molar-refractivity contribution < 1.29 is 9.47 Å². The Balaban J connectivity index is 1.71. The molecule has 0 aliphatic heterocycles. The summed E-state index contributed by atoms with van der Waals surface area (Å²) in [5.41, 5.74) is 2.41. The fourth-order valence-corrected chi connectivity index (χ4v) is 4.37. The SMILES string of the molecule is COc1ccc(Cc2nn3c(=O)/c(=C/c4ccc(C(C)(C)C)cc4)sc3nc2=O)cc1OC. The van der Waals surface area contributed by atoms with Gasteiger partial charge in [0.15, 0.2) is 11.5 Å². The Hall–Kier alpha value is -3.52. The van der Waals surface area contributed by atoms with Crippen LogP contribution in [0.3, 0.4) is 0 Å². The van der Waals surface area contributed by atoms with Gasteiger partial charge in [0, 0.05) is 6.42 Å². The Morgan fingerprint density at radius 3 is 2.33 bits per heavy atom. The summed E-state index contributed by atoms with van der Waals surface area (Å²) < 4.78 is 12.3. The molecule has 8 heteroatoms. The van der Waals surface area contributed by atoms with Crippen molar-refractivity contribution in [2.75, 3.05) is 14.2 Å². The lowest BCUT2D eigenvalue weighted by atomic mass is 9.87. The number of thiazole rings is 1. The van der Waals surface area contributed by atoms with E-state index in [1.54, 1.807) is 32.4 Å².